The number of carbonyl (C=O) groups excluding carboxylic acids is 1. The molecule has 0 aliphatic carbocycles. The van der Waals surface area contributed by atoms with Crippen molar-refractivity contribution in [2.45, 2.75) is 26.9 Å². The highest BCUT2D eigenvalue weighted by molar-refractivity contribution is 5.95. The first-order chi connectivity index (χ1) is 13.3. The van der Waals surface area contributed by atoms with Gasteiger partial charge >= 0.3 is 0 Å². The lowest BCUT2D eigenvalue weighted by molar-refractivity contribution is -0.119. The van der Waals surface area contributed by atoms with Gasteiger partial charge in [0.2, 0.25) is 5.91 Å². The molecule has 1 heterocycles. The van der Waals surface area contributed by atoms with Gasteiger partial charge in [-0.1, -0.05) is 0 Å². The number of aryl methyl sites for hydroxylation is 1. The van der Waals surface area contributed by atoms with Crippen LogP contribution in [0.15, 0.2) is 36.7 Å². The highest BCUT2D eigenvalue weighted by atomic mass is 19.1. The highest BCUT2D eigenvalue weighted by Crippen LogP contribution is 2.33. The van der Waals surface area contributed by atoms with Crippen molar-refractivity contribution in [3.63, 3.8) is 0 Å². The predicted molar refractivity (Wildman–Crippen MR) is 107 cm³/mol. The van der Waals surface area contributed by atoms with Gasteiger partial charge in [-0.15, -0.1) is 0 Å². The van der Waals surface area contributed by atoms with Gasteiger partial charge in [0.05, 0.1) is 17.7 Å². The smallest absolute Gasteiger partial charge is 0.217 e. The van der Waals surface area contributed by atoms with Gasteiger partial charge in [-0.25, -0.2) is 14.4 Å². The van der Waals surface area contributed by atoms with Crippen molar-refractivity contribution >= 4 is 34.0 Å². The lowest BCUT2D eigenvalue weighted by Gasteiger charge is -2.19. The monoisotopic (exact) mass is 383 g/mol. The standard InChI is InChI=1S/C20H22FN5O2/c1-11-6-15(22)8-17-19(11)20(25-10-24-17)26-16-5-4-14(21)7-18(16)28-12(2)9-23-13(3)27/h4-8,10,12H,9,22H2,1-3H3,(H,23,27)(H,24,25,26). The molecule has 0 bridgehead atoms. The van der Waals surface area contributed by atoms with Gasteiger partial charge in [0, 0.05) is 24.1 Å². The Bertz CT molecular complexity index is 1020. The van der Waals surface area contributed by atoms with Gasteiger partial charge < -0.3 is 21.1 Å². The van der Waals surface area contributed by atoms with Crippen LogP contribution in [-0.2, 0) is 4.79 Å². The van der Waals surface area contributed by atoms with Crippen molar-refractivity contribution in [1.29, 1.82) is 0 Å². The van der Waals surface area contributed by atoms with Gasteiger partial charge in [0.25, 0.3) is 0 Å². The Balaban J connectivity index is 1.93. The molecule has 0 aliphatic heterocycles. The van der Waals surface area contributed by atoms with Crippen LogP contribution in [0, 0.1) is 12.7 Å². The largest absolute Gasteiger partial charge is 0.487 e. The molecule has 0 saturated heterocycles. The Labute approximate surface area is 162 Å². The van der Waals surface area contributed by atoms with E-state index in [-0.39, 0.29) is 12.0 Å². The molecule has 1 aromatic heterocycles. The number of carbonyl (C=O) groups is 1. The van der Waals surface area contributed by atoms with E-state index in [0.29, 0.717) is 35.0 Å². The normalized spacial score (nSPS) is 11.9. The highest BCUT2D eigenvalue weighted by Gasteiger charge is 2.14. The van der Waals surface area contributed by atoms with E-state index in [1.165, 1.54) is 25.4 Å². The van der Waals surface area contributed by atoms with E-state index in [4.69, 9.17) is 10.5 Å². The summed E-state index contributed by atoms with van der Waals surface area (Å²) in [5.41, 5.74) is 8.69. The Hall–Kier alpha value is -3.42. The number of nitrogen functional groups attached to an aromatic ring is 1. The number of aromatic nitrogens is 2. The van der Waals surface area contributed by atoms with Crippen molar-refractivity contribution in [3.8, 4) is 5.75 Å². The van der Waals surface area contributed by atoms with E-state index in [1.54, 1.807) is 19.1 Å². The lowest BCUT2D eigenvalue weighted by Crippen LogP contribution is -2.32. The molecule has 7 nitrogen and oxygen atoms in total. The van der Waals surface area contributed by atoms with Crippen LogP contribution in [0.5, 0.6) is 5.75 Å². The summed E-state index contributed by atoms with van der Waals surface area (Å²) in [5.74, 6) is 0.296. The number of fused-ring (bicyclic) bond motifs is 1. The van der Waals surface area contributed by atoms with Gasteiger partial charge in [-0.2, -0.15) is 0 Å². The second-order valence-corrected chi connectivity index (χ2v) is 6.59. The fourth-order valence-electron chi connectivity index (χ4n) is 2.88. The topological polar surface area (TPSA) is 102 Å². The summed E-state index contributed by atoms with van der Waals surface area (Å²) in [6, 6.07) is 7.82. The zero-order valence-electron chi connectivity index (χ0n) is 15.9. The van der Waals surface area contributed by atoms with Gasteiger partial charge in [-0.3, -0.25) is 4.79 Å². The van der Waals surface area contributed by atoms with Crippen LogP contribution < -0.4 is 21.1 Å². The maximum absolute atomic E-state index is 13.8. The maximum Gasteiger partial charge on any atom is 0.217 e. The minimum Gasteiger partial charge on any atom is -0.487 e. The summed E-state index contributed by atoms with van der Waals surface area (Å²) in [6.45, 7) is 5.44. The van der Waals surface area contributed by atoms with Crippen molar-refractivity contribution in [3.05, 3.63) is 48.0 Å². The molecule has 1 unspecified atom stereocenters. The van der Waals surface area contributed by atoms with Crippen LogP contribution in [0.4, 0.5) is 21.6 Å². The second-order valence-electron chi connectivity index (χ2n) is 6.59. The van der Waals surface area contributed by atoms with E-state index < -0.39 is 5.82 Å². The summed E-state index contributed by atoms with van der Waals surface area (Å²) in [5, 5.41) is 6.70. The van der Waals surface area contributed by atoms with Crippen LogP contribution in [-0.4, -0.2) is 28.5 Å². The molecule has 3 rings (SSSR count). The molecular formula is C20H22FN5O2. The third-order valence-electron chi connectivity index (χ3n) is 4.12. The number of hydrogen-bond acceptors (Lipinski definition) is 6. The van der Waals surface area contributed by atoms with Crippen LogP contribution in [0.25, 0.3) is 10.9 Å². The fourth-order valence-corrected chi connectivity index (χ4v) is 2.88. The first-order valence-corrected chi connectivity index (χ1v) is 8.82. The minimum atomic E-state index is -0.427. The van der Waals surface area contributed by atoms with Crippen LogP contribution >= 0.6 is 0 Å². The Kier molecular flexibility index (Phi) is 5.58. The average Bonchev–Trinajstić information content (AvgIpc) is 2.62. The molecule has 28 heavy (non-hydrogen) atoms. The Morgan fingerprint density at radius 3 is 2.82 bits per heavy atom. The number of amides is 1. The Morgan fingerprint density at radius 2 is 2.07 bits per heavy atom. The minimum absolute atomic E-state index is 0.157. The van der Waals surface area contributed by atoms with Crippen molar-refractivity contribution in [2.75, 3.05) is 17.6 Å². The molecular weight excluding hydrogens is 361 g/mol. The van der Waals surface area contributed by atoms with Gasteiger partial charge in [0.15, 0.2) is 0 Å². The number of nitrogens with one attached hydrogen (secondary N) is 2. The molecule has 8 heteroatoms. The van der Waals surface area contributed by atoms with Crippen molar-refractivity contribution in [2.24, 2.45) is 0 Å². The zero-order valence-corrected chi connectivity index (χ0v) is 15.9. The molecule has 0 spiro atoms. The lowest BCUT2D eigenvalue weighted by atomic mass is 10.1. The molecule has 1 amide bonds. The number of ether oxygens (including phenoxy) is 1. The number of halogens is 1. The summed E-state index contributed by atoms with van der Waals surface area (Å²) in [4.78, 5) is 19.7. The summed E-state index contributed by atoms with van der Waals surface area (Å²) >= 11 is 0. The van der Waals surface area contributed by atoms with Crippen LogP contribution in [0.1, 0.15) is 19.4 Å². The average molecular weight is 383 g/mol. The number of rotatable bonds is 6. The maximum atomic E-state index is 13.8. The summed E-state index contributed by atoms with van der Waals surface area (Å²) in [7, 11) is 0. The number of anilines is 3. The van der Waals surface area contributed by atoms with E-state index in [2.05, 4.69) is 20.6 Å². The molecule has 3 aromatic rings. The predicted octanol–water partition coefficient (Wildman–Crippen LogP) is 3.31. The second kappa shape index (κ2) is 8.08. The zero-order chi connectivity index (χ0) is 20.3. The summed E-state index contributed by atoms with van der Waals surface area (Å²) < 4.78 is 19.6. The van der Waals surface area contributed by atoms with E-state index >= 15 is 0 Å². The van der Waals surface area contributed by atoms with Crippen LogP contribution in [0.3, 0.4) is 0 Å². The third-order valence-corrected chi connectivity index (χ3v) is 4.12. The van der Waals surface area contributed by atoms with Crippen LogP contribution in [0.2, 0.25) is 0 Å². The molecule has 0 saturated carbocycles. The molecule has 0 fully saturated rings. The number of nitrogens with zero attached hydrogens (tertiary/aromatic N) is 2. The van der Waals surface area contributed by atoms with E-state index in [0.717, 1.165) is 10.9 Å². The quantitative estimate of drug-likeness (QED) is 0.565. The van der Waals surface area contributed by atoms with E-state index in [9.17, 15) is 9.18 Å². The molecule has 0 aliphatic rings. The number of hydrogen-bond donors (Lipinski definition) is 3. The molecule has 1 atom stereocenters. The van der Waals surface area contributed by atoms with Crippen molar-refractivity contribution < 1.29 is 13.9 Å². The third kappa shape index (κ3) is 4.46. The number of benzene rings is 2. The molecule has 2 aromatic carbocycles. The van der Waals surface area contributed by atoms with Gasteiger partial charge in [0.1, 0.15) is 29.8 Å². The van der Waals surface area contributed by atoms with Crippen molar-refractivity contribution in [1.82, 2.24) is 15.3 Å². The first-order valence-electron chi connectivity index (χ1n) is 8.82. The number of nitrogens with two attached hydrogens (primary N) is 1. The SMILES string of the molecule is CC(=O)NCC(C)Oc1cc(F)ccc1Nc1ncnc2cc(N)cc(C)c12. The summed E-state index contributed by atoms with van der Waals surface area (Å²) in [6.07, 6.45) is 1.09. The first kappa shape index (κ1) is 19.3. The molecule has 146 valence electrons. The van der Waals surface area contributed by atoms with E-state index in [1.807, 2.05) is 13.0 Å². The van der Waals surface area contributed by atoms with Gasteiger partial charge in [-0.05, 0) is 43.7 Å². The molecule has 4 N–H and O–H groups in total. The molecule has 0 radical (unpaired) electrons. The Morgan fingerprint density at radius 1 is 1.29 bits per heavy atom. The fraction of sp³-hybridized carbons (Fsp3) is 0.250.